The lowest BCUT2D eigenvalue weighted by Gasteiger charge is -2.29. The average Bonchev–Trinajstić information content (AvgIpc) is 2.50. The molecule has 0 saturated carbocycles. The second-order valence-electron chi connectivity index (χ2n) is 4.91. The number of aliphatic hydroxyl groups is 1. The monoisotopic (exact) mass is 303 g/mol. The largest absolute Gasteiger partial charge is 0.395 e. The minimum atomic E-state index is -0.743. The maximum absolute atomic E-state index is 13.1. The summed E-state index contributed by atoms with van der Waals surface area (Å²) in [7, 11) is 0. The van der Waals surface area contributed by atoms with Gasteiger partial charge in [-0.15, -0.1) is 0 Å². The zero-order valence-electron chi connectivity index (χ0n) is 12.0. The van der Waals surface area contributed by atoms with Crippen molar-refractivity contribution in [2.24, 2.45) is 5.73 Å². The van der Waals surface area contributed by atoms with Crippen LogP contribution < -0.4 is 5.73 Å². The summed E-state index contributed by atoms with van der Waals surface area (Å²) >= 11 is 0. The van der Waals surface area contributed by atoms with E-state index in [0.717, 1.165) is 5.56 Å². The molecular weight excluding hydrogens is 285 g/mol. The van der Waals surface area contributed by atoms with E-state index in [1.165, 1.54) is 24.3 Å². The first-order chi connectivity index (χ1) is 10.6. The second-order valence-corrected chi connectivity index (χ2v) is 4.91. The van der Waals surface area contributed by atoms with E-state index in [9.17, 15) is 14.3 Å². The molecule has 1 aromatic carbocycles. The molecule has 0 bridgehead atoms. The van der Waals surface area contributed by atoms with Gasteiger partial charge in [-0.2, -0.15) is 0 Å². The fraction of sp³-hybridized carbons (Fsp3) is 0.250. The van der Waals surface area contributed by atoms with E-state index in [1.807, 2.05) is 6.07 Å². The molecule has 1 heterocycles. The molecule has 0 spiro atoms. The number of hydrogen-bond acceptors (Lipinski definition) is 4. The van der Waals surface area contributed by atoms with E-state index in [0.29, 0.717) is 12.1 Å². The van der Waals surface area contributed by atoms with Crippen molar-refractivity contribution in [2.45, 2.75) is 12.6 Å². The van der Waals surface area contributed by atoms with Gasteiger partial charge in [0.15, 0.2) is 0 Å². The summed E-state index contributed by atoms with van der Waals surface area (Å²) in [5.41, 5.74) is 7.00. The molecule has 0 aliphatic rings. The lowest BCUT2D eigenvalue weighted by atomic mass is 10.0. The maximum Gasteiger partial charge on any atom is 0.239 e. The van der Waals surface area contributed by atoms with Crippen molar-refractivity contribution in [2.75, 3.05) is 13.2 Å². The molecule has 6 heteroatoms. The third-order valence-corrected chi connectivity index (χ3v) is 3.32. The molecule has 22 heavy (non-hydrogen) atoms. The lowest BCUT2D eigenvalue weighted by molar-refractivity contribution is -0.123. The van der Waals surface area contributed by atoms with Gasteiger partial charge in [-0.1, -0.05) is 18.2 Å². The van der Waals surface area contributed by atoms with Crippen molar-refractivity contribution in [1.29, 1.82) is 0 Å². The van der Waals surface area contributed by atoms with E-state index in [1.54, 1.807) is 23.4 Å². The normalized spacial score (nSPS) is 12.3. The Morgan fingerprint density at radius 3 is 2.59 bits per heavy atom. The molecule has 1 aromatic heterocycles. The van der Waals surface area contributed by atoms with Crippen molar-refractivity contribution in [3.8, 4) is 0 Å². The van der Waals surface area contributed by atoms with Crippen LogP contribution in [0.4, 0.5) is 4.39 Å². The predicted octanol–water partition coefficient (Wildman–Crippen LogP) is 1.24. The van der Waals surface area contributed by atoms with E-state index in [2.05, 4.69) is 4.98 Å². The predicted molar refractivity (Wildman–Crippen MR) is 80.1 cm³/mol. The van der Waals surface area contributed by atoms with Gasteiger partial charge in [-0.25, -0.2) is 4.39 Å². The Labute approximate surface area is 128 Å². The molecule has 2 aromatic rings. The highest BCUT2D eigenvalue weighted by molar-refractivity contribution is 5.81. The number of hydrogen-bond donors (Lipinski definition) is 2. The van der Waals surface area contributed by atoms with Crippen LogP contribution in [0.3, 0.4) is 0 Å². The van der Waals surface area contributed by atoms with Gasteiger partial charge in [0.2, 0.25) is 5.91 Å². The van der Waals surface area contributed by atoms with Crippen molar-refractivity contribution < 1.29 is 14.3 Å². The Bertz CT molecular complexity index is 605. The van der Waals surface area contributed by atoms with Crippen LogP contribution in [0.15, 0.2) is 48.8 Å². The third-order valence-electron chi connectivity index (χ3n) is 3.32. The molecule has 0 saturated heterocycles. The summed E-state index contributed by atoms with van der Waals surface area (Å²) in [6, 6.07) is 8.55. The Kier molecular flexibility index (Phi) is 5.57. The van der Waals surface area contributed by atoms with Crippen LogP contribution in [0.25, 0.3) is 0 Å². The van der Waals surface area contributed by atoms with Gasteiger partial charge < -0.3 is 10.8 Å². The third kappa shape index (κ3) is 4.09. The van der Waals surface area contributed by atoms with Crippen molar-refractivity contribution in [3.63, 3.8) is 0 Å². The molecule has 0 radical (unpaired) electrons. The van der Waals surface area contributed by atoms with E-state index in [4.69, 9.17) is 5.73 Å². The highest BCUT2D eigenvalue weighted by Crippen LogP contribution is 2.22. The summed E-state index contributed by atoms with van der Waals surface area (Å²) in [5.74, 6) is -0.933. The van der Waals surface area contributed by atoms with Gasteiger partial charge in [0.05, 0.1) is 6.61 Å². The number of nitrogens with two attached hydrogens (primary N) is 1. The van der Waals surface area contributed by atoms with Crippen LogP contribution in [0.2, 0.25) is 0 Å². The number of amides is 1. The Morgan fingerprint density at radius 1 is 1.32 bits per heavy atom. The van der Waals surface area contributed by atoms with Crippen LogP contribution in [0, 0.1) is 5.82 Å². The van der Waals surface area contributed by atoms with Crippen LogP contribution >= 0.6 is 0 Å². The minimum Gasteiger partial charge on any atom is -0.395 e. The summed E-state index contributed by atoms with van der Waals surface area (Å²) in [6.07, 6.45) is 3.35. The zero-order chi connectivity index (χ0) is 15.9. The summed E-state index contributed by atoms with van der Waals surface area (Å²) in [6.45, 7) is 0.546. The first-order valence-electron chi connectivity index (χ1n) is 6.90. The van der Waals surface area contributed by atoms with Crippen LogP contribution in [-0.2, 0) is 11.3 Å². The highest BCUT2D eigenvalue weighted by atomic mass is 19.1. The number of carbonyl (C=O) groups is 1. The fourth-order valence-electron chi connectivity index (χ4n) is 2.35. The van der Waals surface area contributed by atoms with Crippen LogP contribution in [0.1, 0.15) is 17.2 Å². The maximum atomic E-state index is 13.1. The number of aromatic nitrogens is 1. The van der Waals surface area contributed by atoms with E-state index < -0.39 is 11.9 Å². The number of nitrogens with zero attached hydrogens (tertiary/aromatic N) is 2. The van der Waals surface area contributed by atoms with Gasteiger partial charge in [0.25, 0.3) is 0 Å². The smallest absolute Gasteiger partial charge is 0.239 e. The van der Waals surface area contributed by atoms with Gasteiger partial charge >= 0.3 is 0 Å². The fourth-order valence-corrected chi connectivity index (χ4v) is 2.35. The zero-order valence-corrected chi connectivity index (χ0v) is 12.0. The number of pyridine rings is 1. The Morgan fingerprint density at radius 2 is 2.05 bits per heavy atom. The number of primary amides is 1. The first-order valence-corrected chi connectivity index (χ1v) is 6.90. The molecule has 0 aliphatic carbocycles. The lowest BCUT2D eigenvalue weighted by Crippen LogP contribution is -2.39. The van der Waals surface area contributed by atoms with Crippen molar-refractivity contribution in [3.05, 3.63) is 65.7 Å². The van der Waals surface area contributed by atoms with Gasteiger partial charge in [-0.3, -0.25) is 14.7 Å². The molecule has 1 unspecified atom stereocenters. The summed E-state index contributed by atoms with van der Waals surface area (Å²) < 4.78 is 13.1. The highest BCUT2D eigenvalue weighted by Gasteiger charge is 2.25. The van der Waals surface area contributed by atoms with Crippen LogP contribution in [0.5, 0.6) is 0 Å². The molecule has 1 atom stereocenters. The topological polar surface area (TPSA) is 79.5 Å². The van der Waals surface area contributed by atoms with Gasteiger partial charge in [0.1, 0.15) is 11.9 Å². The summed E-state index contributed by atoms with van der Waals surface area (Å²) in [4.78, 5) is 17.7. The molecule has 3 N–H and O–H groups in total. The standard InChI is InChI=1S/C16H18FN3O2/c17-14-5-3-13(4-6-14)15(16(18)22)20(8-9-21)11-12-2-1-7-19-10-12/h1-7,10,15,21H,8-9,11H2,(H2,18,22). The molecule has 116 valence electrons. The molecule has 5 nitrogen and oxygen atoms in total. The van der Waals surface area contributed by atoms with Crippen LogP contribution in [-0.4, -0.2) is 34.0 Å². The van der Waals surface area contributed by atoms with Crippen molar-refractivity contribution in [1.82, 2.24) is 9.88 Å². The Balaban J connectivity index is 2.29. The molecular formula is C16H18FN3O2. The molecule has 0 fully saturated rings. The quantitative estimate of drug-likeness (QED) is 0.806. The van der Waals surface area contributed by atoms with Gasteiger partial charge in [-0.05, 0) is 29.3 Å². The Hall–Kier alpha value is -2.31. The molecule has 1 amide bonds. The van der Waals surface area contributed by atoms with Crippen molar-refractivity contribution >= 4 is 5.91 Å². The SMILES string of the molecule is NC(=O)C(c1ccc(F)cc1)N(CCO)Cc1cccnc1. The first kappa shape index (κ1) is 16.1. The number of benzene rings is 1. The van der Waals surface area contributed by atoms with E-state index in [-0.39, 0.29) is 19.0 Å². The molecule has 2 rings (SSSR count). The number of carbonyl (C=O) groups excluding carboxylic acids is 1. The van der Waals surface area contributed by atoms with Gasteiger partial charge in [0, 0.05) is 25.5 Å². The van der Waals surface area contributed by atoms with E-state index >= 15 is 0 Å². The number of halogens is 1. The minimum absolute atomic E-state index is 0.120. The molecule has 0 aliphatic heterocycles. The average molecular weight is 303 g/mol. The number of aliphatic hydroxyl groups excluding tert-OH is 1. The second kappa shape index (κ2) is 7.63. The summed E-state index contributed by atoms with van der Waals surface area (Å²) in [5, 5.41) is 9.27. The number of rotatable bonds is 7.